The van der Waals surface area contributed by atoms with E-state index in [2.05, 4.69) is 42.6 Å². The molecule has 2 N–H and O–H groups in total. The molecule has 2 aromatic carbocycles. The number of carboxylic acids is 1. The van der Waals surface area contributed by atoms with Crippen molar-refractivity contribution in [3.8, 4) is 11.4 Å². The van der Waals surface area contributed by atoms with Crippen molar-refractivity contribution < 1.29 is 14.7 Å². The number of aromatic nitrogens is 2. The summed E-state index contributed by atoms with van der Waals surface area (Å²) in [5.41, 5.74) is 2.50. The van der Waals surface area contributed by atoms with Gasteiger partial charge in [0.05, 0.1) is 11.1 Å². The third kappa shape index (κ3) is 3.91. The second kappa shape index (κ2) is 7.23. The summed E-state index contributed by atoms with van der Waals surface area (Å²) < 4.78 is 0. The van der Waals surface area contributed by atoms with Gasteiger partial charge in [-0.05, 0) is 35.3 Å². The molecule has 1 heterocycles. The summed E-state index contributed by atoms with van der Waals surface area (Å²) in [5, 5.41) is 12.5. The Morgan fingerprint density at radius 2 is 1.75 bits per heavy atom. The van der Waals surface area contributed by atoms with Crippen molar-refractivity contribution in [1.82, 2.24) is 9.97 Å². The molecule has 6 heteroatoms. The lowest BCUT2D eigenvalue weighted by molar-refractivity contribution is -0.111. The van der Waals surface area contributed by atoms with E-state index in [1.165, 1.54) is 17.7 Å². The largest absolute Gasteiger partial charge is 0.478 e. The first-order valence-corrected chi connectivity index (χ1v) is 8.78. The third-order valence-corrected chi connectivity index (χ3v) is 4.38. The second-order valence-corrected chi connectivity index (χ2v) is 7.45. The van der Waals surface area contributed by atoms with Crippen LogP contribution in [0.25, 0.3) is 22.3 Å². The van der Waals surface area contributed by atoms with Gasteiger partial charge in [0, 0.05) is 10.9 Å². The number of nitrogens with one attached hydrogen (secondary N) is 1. The van der Waals surface area contributed by atoms with Gasteiger partial charge in [-0.1, -0.05) is 51.6 Å². The van der Waals surface area contributed by atoms with Gasteiger partial charge in [0.15, 0.2) is 5.82 Å². The van der Waals surface area contributed by atoms with E-state index >= 15 is 0 Å². The molecule has 3 rings (SSSR count). The average molecular weight is 375 g/mol. The van der Waals surface area contributed by atoms with Crippen LogP contribution in [-0.2, 0) is 10.2 Å². The van der Waals surface area contributed by atoms with Crippen LogP contribution in [-0.4, -0.2) is 27.0 Å². The van der Waals surface area contributed by atoms with E-state index < -0.39 is 11.9 Å². The highest BCUT2D eigenvalue weighted by Gasteiger charge is 2.16. The SMILES string of the molecule is C=CC(=O)Nc1nc(-c2ccc(C(C)(C)C)cc2)nc2cc(C(=O)O)ccc12. The molecule has 0 unspecified atom stereocenters. The number of benzene rings is 2. The number of nitrogens with zero attached hydrogens (tertiary/aromatic N) is 2. The number of aromatic carboxylic acids is 1. The molecule has 0 atom stereocenters. The molecule has 0 saturated carbocycles. The van der Waals surface area contributed by atoms with E-state index in [0.717, 1.165) is 11.6 Å². The van der Waals surface area contributed by atoms with Crippen LogP contribution < -0.4 is 5.32 Å². The van der Waals surface area contributed by atoms with Crippen molar-refractivity contribution in [2.45, 2.75) is 26.2 Å². The predicted octanol–water partition coefficient (Wildman–Crippen LogP) is 4.42. The third-order valence-electron chi connectivity index (χ3n) is 4.38. The van der Waals surface area contributed by atoms with Crippen molar-refractivity contribution in [2.24, 2.45) is 0 Å². The fourth-order valence-corrected chi connectivity index (χ4v) is 2.77. The van der Waals surface area contributed by atoms with Crippen LogP contribution in [0.15, 0.2) is 55.1 Å². The van der Waals surface area contributed by atoms with Crippen LogP contribution >= 0.6 is 0 Å². The Kier molecular flexibility index (Phi) is 4.96. The number of fused-ring (bicyclic) bond motifs is 1. The number of carbonyl (C=O) groups is 2. The van der Waals surface area contributed by atoms with Crippen LogP contribution in [0.3, 0.4) is 0 Å². The molecule has 0 saturated heterocycles. The van der Waals surface area contributed by atoms with Crippen molar-refractivity contribution >= 4 is 28.6 Å². The number of rotatable bonds is 4. The van der Waals surface area contributed by atoms with Gasteiger partial charge in [0.2, 0.25) is 5.91 Å². The minimum absolute atomic E-state index is 0.0161. The highest BCUT2D eigenvalue weighted by molar-refractivity contribution is 6.05. The fourth-order valence-electron chi connectivity index (χ4n) is 2.77. The average Bonchev–Trinajstić information content (AvgIpc) is 2.66. The summed E-state index contributed by atoms with van der Waals surface area (Å²) in [5.74, 6) is -0.749. The molecule has 0 spiro atoms. The van der Waals surface area contributed by atoms with Gasteiger partial charge in [-0.2, -0.15) is 0 Å². The number of hydrogen-bond acceptors (Lipinski definition) is 4. The number of anilines is 1. The lowest BCUT2D eigenvalue weighted by Gasteiger charge is -2.19. The molecule has 1 aromatic heterocycles. The first-order chi connectivity index (χ1) is 13.2. The monoisotopic (exact) mass is 375 g/mol. The van der Waals surface area contributed by atoms with Crippen LogP contribution in [0, 0.1) is 0 Å². The fraction of sp³-hybridized carbons (Fsp3) is 0.182. The summed E-state index contributed by atoms with van der Waals surface area (Å²) in [7, 11) is 0. The van der Waals surface area contributed by atoms with Crippen molar-refractivity contribution in [3.05, 3.63) is 66.2 Å². The van der Waals surface area contributed by atoms with E-state index in [9.17, 15) is 14.7 Å². The van der Waals surface area contributed by atoms with Gasteiger partial charge in [-0.25, -0.2) is 14.8 Å². The number of carbonyl (C=O) groups excluding carboxylic acids is 1. The zero-order chi connectivity index (χ0) is 20.5. The molecular weight excluding hydrogens is 354 g/mol. The Morgan fingerprint density at radius 1 is 1.07 bits per heavy atom. The molecular formula is C22H21N3O3. The Balaban J connectivity index is 2.17. The van der Waals surface area contributed by atoms with Crippen LogP contribution in [0.5, 0.6) is 0 Å². The standard InChI is InChI=1S/C22H21N3O3/c1-5-18(26)24-20-16-11-8-14(21(27)28)12-17(16)23-19(25-20)13-6-9-15(10-7-13)22(2,3)4/h5-12H,1H2,2-4H3,(H,27,28)(H,23,24,25,26). The van der Waals surface area contributed by atoms with Crippen LogP contribution in [0.4, 0.5) is 5.82 Å². The molecule has 3 aromatic rings. The normalized spacial score (nSPS) is 11.2. The molecule has 28 heavy (non-hydrogen) atoms. The van der Waals surface area contributed by atoms with Gasteiger partial charge >= 0.3 is 5.97 Å². The Bertz CT molecular complexity index is 1080. The Labute approximate surface area is 163 Å². The van der Waals surface area contributed by atoms with Gasteiger partial charge < -0.3 is 10.4 Å². The Hall–Kier alpha value is -3.54. The smallest absolute Gasteiger partial charge is 0.335 e. The maximum atomic E-state index is 11.8. The lowest BCUT2D eigenvalue weighted by atomic mass is 9.87. The highest BCUT2D eigenvalue weighted by atomic mass is 16.4. The maximum absolute atomic E-state index is 11.8. The Morgan fingerprint density at radius 3 is 2.32 bits per heavy atom. The number of hydrogen-bond donors (Lipinski definition) is 2. The minimum Gasteiger partial charge on any atom is -0.478 e. The number of amides is 1. The molecule has 0 radical (unpaired) electrons. The molecule has 6 nitrogen and oxygen atoms in total. The first kappa shape index (κ1) is 19.2. The topological polar surface area (TPSA) is 92.2 Å². The summed E-state index contributed by atoms with van der Waals surface area (Å²) in [4.78, 5) is 32.1. The summed E-state index contributed by atoms with van der Waals surface area (Å²) >= 11 is 0. The molecule has 0 bridgehead atoms. The molecule has 0 aliphatic rings. The van der Waals surface area contributed by atoms with Crippen LogP contribution in [0.2, 0.25) is 0 Å². The quantitative estimate of drug-likeness (QED) is 0.659. The van der Waals surface area contributed by atoms with E-state index in [1.807, 2.05) is 24.3 Å². The van der Waals surface area contributed by atoms with Crippen molar-refractivity contribution in [2.75, 3.05) is 5.32 Å². The van der Waals surface area contributed by atoms with E-state index in [4.69, 9.17) is 0 Å². The highest BCUT2D eigenvalue weighted by Crippen LogP contribution is 2.28. The summed E-state index contributed by atoms with van der Waals surface area (Å²) in [6, 6.07) is 12.4. The summed E-state index contributed by atoms with van der Waals surface area (Å²) in [6.45, 7) is 9.84. The second-order valence-electron chi connectivity index (χ2n) is 7.45. The minimum atomic E-state index is -1.05. The van der Waals surface area contributed by atoms with Gasteiger partial charge in [0.1, 0.15) is 5.82 Å². The lowest BCUT2D eigenvalue weighted by Crippen LogP contribution is -2.11. The zero-order valence-electron chi connectivity index (χ0n) is 16.0. The molecule has 0 aliphatic carbocycles. The van der Waals surface area contributed by atoms with Gasteiger partial charge in [-0.15, -0.1) is 0 Å². The summed E-state index contributed by atoms with van der Waals surface area (Å²) in [6.07, 6.45) is 1.15. The van der Waals surface area contributed by atoms with Gasteiger partial charge in [0.25, 0.3) is 0 Å². The van der Waals surface area contributed by atoms with E-state index in [-0.39, 0.29) is 11.0 Å². The van der Waals surface area contributed by atoms with Gasteiger partial charge in [-0.3, -0.25) is 4.79 Å². The molecule has 142 valence electrons. The predicted molar refractivity (Wildman–Crippen MR) is 109 cm³/mol. The van der Waals surface area contributed by atoms with Crippen molar-refractivity contribution in [1.29, 1.82) is 0 Å². The molecule has 1 amide bonds. The van der Waals surface area contributed by atoms with Crippen molar-refractivity contribution in [3.63, 3.8) is 0 Å². The van der Waals surface area contributed by atoms with Crippen LogP contribution in [0.1, 0.15) is 36.7 Å². The zero-order valence-corrected chi connectivity index (χ0v) is 16.0. The first-order valence-electron chi connectivity index (χ1n) is 8.78. The number of carboxylic acid groups (broad SMARTS) is 1. The van der Waals surface area contributed by atoms with E-state index in [0.29, 0.717) is 22.5 Å². The molecule has 0 aliphatic heterocycles. The van der Waals surface area contributed by atoms with E-state index in [1.54, 1.807) is 6.07 Å². The molecule has 0 fully saturated rings. The maximum Gasteiger partial charge on any atom is 0.335 e.